The highest BCUT2D eigenvalue weighted by Crippen LogP contribution is 2.21. The Bertz CT molecular complexity index is 452. The number of ether oxygens (including phenoxy) is 2. The first-order chi connectivity index (χ1) is 9.80. The van der Waals surface area contributed by atoms with Crippen molar-refractivity contribution < 1.29 is 9.47 Å². The molecule has 1 N–H and O–H groups in total. The maximum absolute atomic E-state index is 5.50. The van der Waals surface area contributed by atoms with Gasteiger partial charge < -0.3 is 14.8 Å². The van der Waals surface area contributed by atoms with E-state index in [2.05, 4.69) is 28.4 Å². The van der Waals surface area contributed by atoms with E-state index in [4.69, 9.17) is 9.47 Å². The van der Waals surface area contributed by atoms with Crippen LogP contribution in [0.2, 0.25) is 0 Å². The van der Waals surface area contributed by atoms with Crippen LogP contribution >= 0.6 is 0 Å². The zero-order valence-corrected chi connectivity index (χ0v) is 12.4. The molecule has 0 radical (unpaired) electrons. The van der Waals surface area contributed by atoms with Gasteiger partial charge in [0.25, 0.3) is 0 Å². The lowest BCUT2D eigenvalue weighted by atomic mass is 9.98. The first-order valence-electron chi connectivity index (χ1n) is 7.39. The fraction of sp³-hybridized carbons (Fsp3) is 0.625. The minimum absolute atomic E-state index is 0.194. The van der Waals surface area contributed by atoms with Gasteiger partial charge in [-0.3, -0.25) is 4.90 Å². The summed E-state index contributed by atoms with van der Waals surface area (Å²) in [6, 6.07) is 6.92. The van der Waals surface area contributed by atoms with E-state index < -0.39 is 0 Å². The second-order valence-corrected chi connectivity index (χ2v) is 5.77. The van der Waals surface area contributed by atoms with E-state index in [1.54, 1.807) is 14.2 Å². The van der Waals surface area contributed by atoms with Crippen LogP contribution in [0.3, 0.4) is 0 Å². The molecule has 110 valence electrons. The Kier molecular flexibility index (Phi) is 4.36. The summed E-state index contributed by atoms with van der Waals surface area (Å²) >= 11 is 0. The standard InChI is InChI=1S/C16H24N2O2/c1-19-15-10-18(11-16(15)20-2)9-12-3-4-13-5-6-17-8-14(13)7-12/h3-4,7,15-17H,5-6,8-11H2,1-2H3. The van der Waals surface area contributed by atoms with Crippen LogP contribution < -0.4 is 5.32 Å². The van der Waals surface area contributed by atoms with Crippen LogP contribution in [-0.4, -0.2) is 51.0 Å². The number of hydrogen-bond donors (Lipinski definition) is 1. The van der Waals surface area contributed by atoms with Crippen LogP contribution in [0.5, 0.6) is 0 Å². The SMILES string of the molecule is COC1CN(Cc2ccc3c(c2)CNCC3)CC1OC. The van der Waals surface area contributed by atoms with Gasteiger partial charge in [0.1, 0.15) is 0 Å². The molecule has 1 aromatic carbocycles. The molecule has 0 spiro atoms. The zero-order chi connectivity index (χ0) is 13.9. The first-order valence-corrected chi connectivity index (χ1v) is 7.39. The number of fused-ring (bicyclic) bond motifs is 1. The van der Waals surface area contributed by atoms with E-state index in [1.165, 1.54) is 16.7 Å². The fourth-order valence-corrected chi connectivity index (χ4v) is 3.29. The van der Waals surface area contributed by atoms with E-state index >= 15 is 0 Å². The van der Waals surface area contributed by atoms with Gasteiger partial charge in [0.15, 0.2) is 0 Å². The third-order valence-electron chi connectivity index (χ3n) is 4.46. The number of nitrogens with one attached hydrogen (secondary N) is 1. The van der Waals surface area contributed by atoms with Crippen molar-refractivity contribution in [2.24, 2.45) is 0 Å². The monoisotopic (exact) mass is 276 g/mol. The molecule has 4 nitrogen and oxygen atoms in total. The van der Waals surface area contributed by atoms with Crippen LogP contribution in [0.4, 0.5) is 0 Å². The van der Waals surface area contributed by atoms with Crippen molar-refractivity contribution in [3.8, 4) is 0 Å². The maximum atomic E-state index is 5.50. The highest BCUT2D eigenvalue weighted by molar-refractivity contribution is 5.33. The number of likely N-dealkylation sites (tertiary alicyclic amines) is 1. The molecule has 0 amide bonds. The van der Waals surface area contributed by atoms with Gasteiger partial charge in [-0.05, 0) is 29.7 Å². The topological polar surface area (TPSA) is 33.7 Å². The van der Waals surface area contributed by atoms with Crippen molar-refractivity contribution in [2.75, 3.05) is 33.9 Å². The van der Waals surface area contributed by atoms with Crippen LogP contribution in [0.25, 0.3) is 0 Å². The quantitative estimate of drug-likeness (QED) is 0.895. The Morgan fingerprint density at radius 2 is 1.90 bits per heavy atom. The predicted molar refractivity (Wildman–Crippen MR) is 78.7 cm³/mol. The molecule has 2 aliphatic rings. The van der Waals surface area contributed by atoms with Crippen molar-refractivity contribution >= 4 is 0 Å². The summed E-state index contributed by atoms with van der Waals surface area (Å²) in [4.78, 5) is 2.42. The molecule has 0 bridgehead atoms. The first kappa shape index (κ1) is 14.0. The summed E-state index contributed by atoms with van der Waals surface area (Å²) < 4.78 is 11.0. The van der Waals surface area contributed by atoms with Gasteiger partial charge in [0.2, 0.25) is 0 Å². The van der Waals surface area contributed by atoms with Crippen molar-refractivity contribution in [3.05, 3.63) is 34.9 Å². The highest BCUT2D eigenvalue weighted by Gasteiger charge is 2.32. The predicted octanol–water partition coefficient (Wildman–Crippen LogP) is 1.18. The lowest BCUT2D eigenvalue weighted by molar-refractivity contribution is -0.00461. The van der Waals surface area contributed by atoms with Crippen molar-refractivity contribution in [2.45, 2.75) is 31.7 Å². The average Bonchev–Trinajstić information content (AvgIpc) is 2.89. The Morgan fingerprint density at radius 3 is 2.60 bits per heavy atom. The smallest absolute Gasteiger partial charge is 0.0971 e. The van der Waals surface area contributed by atoms with E-state index in [-0.39, 0.29) is 12.2 Å². The van der Waals surface area contributed by atoms with Gasteiger partial charge in [-0.2, -0.15) is 0 Å². The minimum atomic E-state index is 0.194. The second-order valence-electron chi connectivity index (χ2n) is 5.77. The zero-order valence-electron chi connectivity index (χ0n) is 12.4. The molecule has 0 aromatic heterocycles. The van der Waals surface area contributed by atoms with E-state index in [0.29, 0.717) is 0 Å². The highest BCUT2D eigenvalue weighted by atomic mass is 16.5. The summed E-state index contributed by atoms with van der Waals surface area (Å²) in [5.74, 6) is 0. The van der Waals surface area contributed by atoms with Crippen molar-refractivity contribution in [1.29, 1.82) is 0 Å². The van der Waals surface area contributed by atoms with Crippen LogP contribution in [0.1, 0.15) is 16.7 Å². The van der Waals surface area contributed by atoms with Gasteiger partial charge in [-0.25, -0.2) is 0 Å². The number of hydrogen-bond acceptors (Lipinski definition) is 4. The Balaban J connectivity index is 1.66. The molecule has 0 aliphatic carbocycles. The number of benzene rings is 1. The summed E-state index contributed by atoms with van der Waals surface area (Å²) in [5.41, 5.74) is 4.34. The number of methoxy groups -OCH3 is 2. The third kappa shape index (κ3) is 2.88. The number of nitrogens with zero attached hydrogens (tertiary/aromatic N) is 1. The normalized spacial score (nSPS) is 26.7. The molecule has 0 saturated carbocycles. The van der Waals surface area contributed by atoms with E-state index in [0.717, 1.165) is 39.1 Å². The van der Waals surface area contributed by atoms with Crippen LogP contribution in [-0.2, 0) is 29.0 Å². The minimum Gasteiger partial charge on any atom is -0.377 e. The van der Waals surface area contributed by atoms with Gasteiger partial charge in [-0.1, -0.05) is 18.2 Å². The van der Waals surface area contributed by atoms with Gasteiger partial charge in [0, 0.05) is 40.4 Å². The Hall–Kier alpha value is -0.940. The summed E-state index contributed by atoms with van der Waals surface area (Å²) in [6.45, 7) is 4.98. The molecule has 1 aromatic rings. The van der Waals surface area contributed by atoms with Gasteiger partial charge in [0.05, 0.1) is 12.2 Å². The molecule has 2 unspecified atom stereocenters. The molecular weight excluding hydrogens is 252 g/mol. The molecule has 2 atom stereocenters. The van der Waals surface area contributed by atoms with Gasteiger partial charge >= 0.3 is 0 Å². The summed E-state index contributed by atoms with van der Waals surface area (Å²) in [6.07, 6.45) is 1.54. The van der Waals surface area contributed by atoms with E-state index in [1.807, 2.05) is 0 Å². The molecule has 1 fully saturated rings. The lowest BCUT2D eigenvalue weighted by Crippen LogP contribution is -2.27. The second kappa shape index (κ2) is 6.22. The van der Waals surface area contributed by atoms with E-state index in [9.17, 15) is 0 Å². The number of rotatable bonds is 4. The van der Waals surface area contributed by atoms with Gasteiger partial charge in [-0.15, -0.1) is 0 Å². The maximum Gasteiger partial charge on any atom is 0.0971 e. The Labute approximate surface area is 121 Å². The molecule has 1 saturated heterocycles. The molecular formula is C16H24N2O2. The summed E-state index contributed by atoms with van der Waals surface area (Å²) in [5, 5.41) is 3.44. The average molecular weight is 276 g/mol. The molecule has 2 aliphatic heterocycles. The molecule has 4 heteroatoms. The Morgan fingerprint density at radius 1 is 1.15 bits per heavy atom. The summed E-state index contributed by atoms with van der Waals surface area (Å²) in [7, 11) is 3.54. The van der Waals surface area contributed by atoms with Crippen molar-refractivity contribution in [1.82, 2.24) is 10.2 Å². The largest absolute Gasteiger partial charge is 0.377 e. The van der Waals surface area contributed by atoms with Crippen LogP contribution in [0.15, 0.2) is 18.2 Å². The molecule has 2 heterocycles. The lowest BCUT2D eigenvalue weighted by Gasteiger charge is -2.20. The molecule has 20 heavy (non-hydrogen) atoms. The van der Waals surface area contributed by atoms with Crippen LogP contribution in [0, 0.1) is 0 Å². The fourth-order valence-electron chi connectivity index (χ4n) is 3.29. The van der Waals surface area contributed by atoms with Crippen molar-refractivity contribution in [3.63, 3.8) is 0 Å². The third-order valence-corrected chi connectivity index (χ3v) is 4.46. The molecule has 3 rings (SSSR count).